The van der Waals surface area contributed by atoms with Crippen molar-refractivity contribution in [3.05, 3.63) is 24.4 Å². The van der Waals surface area contributed by atoms with Gasteiger partial charge in [0.1, 0.15) is 6.26 Å². The summed E-state index contributed by atoms with van der Waals surface area (Å²) in [7, 11) is 0. The highest BCUT2D eigenvalue weighted by Gasteiger charge is 1.91. The summed E-state index contributed by atoms with van der Waals surface area (Å²) in [6.07, 6.45) is 1.32. The van der Waals surface area contributed by atoms with Gasteiger partial charge in [0.25, 0.3) is 0 Å². The average Bonchev–Trinajstić information content (AvgIpc) is 1.90. The van der Waals surface area contributed by atoms with Gasteiger partial charge in [0, 0.05) is 0 Å². The summed E-state index contributed by atoms with van der Waals surface area (Å²) in [5.41, 5.74) is 0. The monoisotopic (exact) mass is 168 g/mol. The van der Waals surface area contributed by atoms with Crippen molar-refractivity contribution in [3.8, 4) is 0 Å². The van der Waals surface area contributed by atoms with Crippen molar-refractivity contribution in [1.82, 2.24) is 0 Å². The molecule has 11 heavy (non-hydrogen) atoms. The van der Waals surface area contributed by atoms with Gasteiger partial charge < -0.3 is 30.4 Å². The van der Waals surface area contributed by atoms with Crippen LogP contribution in [0.25, 0.3) is 0 Å². The van der Waals surface area contributed by atoms with Crippen molar-refractivity contribution in [2.24, 2.45) is 0 Å². The predicted octanol–water partition coefficient (Wildman–Crippen LogP) is 0.850. The minimum Gasteiger partial charge on any atom is -0.512 e. The smallest absolute Gasteiger partial charge is 0.358 e. The van der Waals surface area contributed by atoms with Crippen LogP contribution in [0.2, 0.25) is 0 Å². The summed E-state index contributed by atoms with van der Waals surface area (Å²) in [6.45, 7) is 0. The second-order valence-corrected chi connectivity index (χ2v) is 1.04. The third-order valence-corrected chi connectivity index (χ3v) is 0.322. The Morgan fingerprint density at radius 1 is 1.00 bits per heavy atom. The molecular weight excluding hydrogens is 160 g/mol. The number of aliphatic hydroxyl groups is 5. The molecule has 0 amide bonds. The topological polar surface area (TPSA) is 131 Å². The fourth-order valence-electron chi connectivity index (χ4n) is 0.0272. The molecule has 0 aliphatic heterocycles. The maximum Gasteiger partial charge on any atom is 0.358 e. The highest BCUT2D eigenvalue weighted by molar-refractivity contribution is 4.73. The van der Waals surface area contributed by atoms with E-state index in [-0.39, 0.29) is 0 Å². The molecule has 0 aromatic rings. The summed E-state index contributed by atoms with van der Waals surface area (Å²) >= 11 is 0. The van der Waals surface area contributed by atoms with E-state index in [0.29, 0.717) is 6.26 Å². The summed E-state index contributed by atoms with van der Waals surface area (Å²) in [5.74, 6) is -2.93. The first-order valence-electron chi connectivity index (χ1n) is 2.15. The first-order valence-corrected chi connectivity index (χ1v) is 2.15. The van der Waals surface area contributed by atoms with Crippen molar-refractivity contribution in [1.29, 1.82) is 0 Å². The Hall–Kier alpha value is -1.76. The van der Waals surface area contributed by atoms with Crippen LogP contribution in [0, 0.1) is 0 Å². The predicted molar refractivity (Wildman–Crippen MR) is 33.0 cm³/mol. The van der Waals surface area contributed by atoms with Crippen LogP contribution in [0.1, 0.15) is 0 Å². The molecule has 0 rings (SSSR count). The molecule has 0 saturated carbocycles. The molecule has 0 fully saturated rings. The fourth-order valence-corrected chi connectivity index (χ4v) is 0.0272. The van der Waals surface area contributed by atoms with E-state index >= 15 is 0 Å². The van der Waals surface area contributed by atoms with Crippen LogP contribution in [0.4, 0.5) is 0 Å². The number of aliphatic hydroxyl groups excluding tert-OH is 3. The molecule has 7 heteroatoms. The van der Waals surface area contributed by atoms with E-state index in [2.05, 4.69) is 4.89 Å². The lowest BCUT2D eigenvalue weighted by molar-refractivity contribution is -0.188. The van der Waals surface area contributed by atoms with E-state index < -0.39 is 11.9 Å². The van der Waals surface area contributed by atoms with E-state index in [1.54, 1.807) is 0 Å². The van der Waals surface area contributed by atoms with Crippen LogP contribution >= 0.6 is 0 Å². The molecule has 7 nitrogen and oxygen atoms in total. The summed E-state index contributed by atoms with van der Waals surface area (Å²) < 4.78 is 0. The van der Waals surface area contributed by atoms with E-state index in [1.165, 1.54) is 0 Å². The summed E-state index contributed by atoms with van der Waals surface area (Å²) in [6, 6.07) is 0. The molecule has 0 aromatic carbocycles. The minimum absolute atomic E-state index is 0.583. The second kappa shape index (κ2) is 8.24. The van der Waals surface area contributed by atoms with Crippen LogP contribution in [-0.4, -0.2) is 30.8 Å². The number of hydrogen-bond acceptors (Lipinski definition) is 7. The number of rotatable bonds is 1. The summed E-state index contributed by atoms with van der Waals surface area (Å²) in [5, 5.41) is 45.2. The van der Waals surface area contributed by atoms with Gasteiger partial charge in [0.05, 0.1) is 0 Å². The van der Waals surface area contributed by atoms with Crippen LogP contribution in [0.15, 0.2) is 24.4 Å². The lowest BCUT2D eigenvalue weighted by Gasteiger charge is -1.83. The van der Waals surface area contributed by atoms with Gasteiger partial charge in [-0.2, -0.15) is 0 Å². The molecule has 0 aliphatic carbocycles. The second-order valence-electron chi connectivity index (χ2n) is 1.04. The van der Waals surface area contributed by atoms with Crippen molar-refractivity contribution in [2.75, 3.05) is 0 Å². The van der Waals surface area contributed by atoms with Crippen LogP contribution < -0.4 is 0 Å². The van der Waals surface area contributed by atoms with E-state index in [9.17, 15) is 0 Å². The molecule has 6 N–H and O–H groups in total. The van der Waals surface area contributed by atoms with Gasteiger partial charge in [0.15, 0.2) is 6.26 Å². The maximum atomic E-state index is 7.60. The molecule has 0 atom stereocenters. The van der Waals surface area contributed by atoms with Crippen molar-refractivity contribution in [3.63, 3.8) is 0 Å². The van der Waals surface area contributed by atoms with Crippen LogP contribution in [-0.2, 0) is 4.89 Å². The largest absolute Gasteiger partial charge is 0.512 e. The zero-order valence-electron chi connectivity index (χ0n) is 5.25. The summed E-state index contributed by atoms with van der Waals surface area (Å²) in [4.78, 5) is 3.26. The Morgan fingerprint density at radius 3 is 1.36 bits per heavy atom. The Morgan fingerprint density at radius 2 is 1.36 bits per heavy atom. The van der Waals surface area contributed by atoms with Gasteiger partial charge in [0.2, 0.25) is 0 Å². The van der Waals surface area contributed by atoms with Crippen molar-refractivity contribution >= 4 is 0 Å². The Balaban J connectivity index is 0. The highest BCUT2D eigenvalue weighted by Crippen LogP contribution is 1.82. The van der Waals surface area contributed by atoms with Gasteiger partial charge in [-0.1, -0.05) is 0 Å². The third-order valence-electron chi connectivity index (χ3n) is 0.322. The normalized spacial score (nSPS) is 8.09. The zero-order valence-corrected chi connectivity index (χ0v) is 5.25. The first kappa shape index (κ1) is 12.0. The van der Waals surface area contributed by atoms with Gasteiger partial charge >= 0.3 is 11.9 Å². The molecule has 0 aliphatic rings. The minimum atomic E-state index is -1.46. The molecule has 66 valence electrons. The molecule has 0 saturated heterocycles. The van der Waals surface area contributed by atoms with Crippen molar-refractivity contribution < 1.29 is 35.7 Å². The maximum absolute atomic E-state index is 7.60. The van der Waals surface area contributed by atoms with Gasteiger partial charge in [-0.25, -0.2) is 5.26 Å². The molecule has 0 heterocycles. The van der Waals surface area contributed by atoms with E-state index in [1.807, 2.05) is 0 Å². The van der Waals surface area contributed by atoms with Crippen LogP contribution in [0.3, 0.4) is 0 Å². The Bertz CT molecular complexity index is 119. The van der Waals surface area contributed by atoms with E-state index in [0.717, 1.165) is 6.26 Å². The third kappa shape index (κ3) is 17.8. The molecule has 0 bridgehead atoms. The number of hydrogen-bond donors (Lipinski definition) is 6. The lowest BCUT2D eigenvalue weighted by atomic mass is 10.9. The Labute approximate surface area is 61.3 Å². The van der Waals surface area contributed by atoms with Gasteiger partial charge in [-0.15, -0.1) is 0 Å². The lowest BCUT2D eigenvalue weighted by Crippen LogP contribution is -1.84. The molecule has 0 aromatic heterocycles. The molecule has 0 unspecified atom stereocenters. The molecular formula is C4H8O7. The molecule has 0 radical (unpaired) electrons. The van der Waals surface area contributed by atoms with Gasteiger partial charge in [-0.3, -0.25) is 0 Å². The quantitative estimate of drug-likeness (QED) is 0.194. The van der Waals surface area contributed by atoms with Crippen LogP contribution in [0.5, 0.6) is 0 Å². The fraction of sp³-hybridized carbons (Fsp3) is 0. The van der Waals surface area contributed by atoms with Gasteiger partial charge in [-0.05, 0) is 0 Å². The zero-order chi connectivity index (χ0) is 9.28. The standard InChI is InChI=1S/C2H4O4.C2H4O3/c3-1(4)2(5)6;3-1-2-5-4/h3-6H;1-4H/b;2-1+. The average molecular weight is 168 g/mol. The first-order chi connectivity index (χ1) is 5.06. The Kier molecular flexibility index (Phi) is 8.97. The SMILES string of the molecule is O/C=C/OO.OC(O)=C(O)O. The van der Waals surface area contributed by atoms with Crippen molar-refractivity contribution in [2.45, 2.75) is 0 Å². The van der Waals surface area contributed by atoms with E-state index in [4.69, 9.17) is 30.8 Å². The molecule has 0 spiro atoms. The highest BCUT2D eigenvalue weighted by atomic mass is 17.1.